The van der Waals surface area contributed by atoms with Gasteiger partial charge in [-0.2, -0.15) is 13.2 Å². The van der Waals surface area contributed by atoms with Gasteiger partial charge in [0.05, 0.1) is 5.56 Å². The lowest BCUT2D eigenvalue weighted by atomic mass is 10.0. The Balaban J connectivity index is 1.57. The lowest BCUT2D eigenvalue weighted by Gasteiger charge is -2.29. The number of rotatable bonds is 4. The first-order valence-electron chi connectivity index (χ1n) is 8.84. The first-order valence-corrected chi connectivity index (χ1v) is 8.84. The molecule has 26 heavy (non-hydrogen) atoms. The van der Waals surface area contributed by atoms with Crippen molar-refractivity contribution in [1.29, 1.82) is 0 Å². The van der Waals surface area contributed by atoms with Gasteiger partial charge >= 0.3 is 6.18 Å². The van der Waals surface area contributed by atoms with Crippen LogP contribution in [0.1, 0.15) is 31.2 Å². The number of hydrogen-bond donors (Lipinski definition) is 1. The summed E-state index contributed by atoms with van der Waals surface area (Å²) in [5.41, 5.74) is -0.806. The zero-order valence-electron chi connectivity index (χ0n) is 14.1. The predicted molar refractivity (Wildman–Crippen MR) is 91.6 cm³/mol. The van der Waals surface area contributed by atoms with Gasteiger partial charge in [-0.25, -0.2) is 0 Å². The second-order valence-electron chi connectivity index (χ2n) is 6.92. The van der Waals surface area contributed by atoms with E-state index in [0.717, 1.165) is 31.7 Å². The summed E-state index contributed by atoms with van der Waals surface area (Å²) in [4.78, 5) is 0. The van der Waals surface area contributed by atoms with E-state index in [4.69, 9.17) is 9.47 Å². The Bertz CT molecular complexity index is 751. The number of para-hydroxylation sites is 1. The fourth-order valence-corrected chi connectivity index (χ4v) is 3.80. The molecule has 0 saturated carbocycles. The molecule has 2 aliphatic rings. The average Bonchev–Trinajstić information content (AvgIpc) is 2.93. The van der Waals surface area contributed by atoms with Crippen molar-refractivity contribution >= 4 is 0 Å². The van der Waals surface area contributed by atoms with Gasteiger partial charge in [0.2, 0.25) is 0 Å². The zero-order chi connectivity index (χ0) is 18.1. The molecule has 0 aliphatic carbocycles. The van der Waals surface area contributed by atoms with Gasteiger partial charge in [-0.05, 0) is 49.9 Å². The number of nitrogens with one attached hydrogen (secondary N) is 1. The molecule has 2 heterocycles. The van der Waals surface area contributed by atoms with Crippen molar-refractivity contribution in [1.82, 2.24) is 5.32 Å². The van der Waals surface area contributed by atoms with Crippen molar-refractivity contribution < 1.29 is 22.6 Å². The average molecular weight is 363 g/mol. The Labute approximate surface area is 150 Å². The normalized spacial score (nSPS) is 25.1. The van der Waals surface area contributed by atoms with Gasteiger partial charge in [0, 0.05) is 18.2 Å². The molecule has 1 N–H and O–H groups in total. The lowest BCUT2D eigenvalue weighted by molar-refractivity contribution is -0.138. The van der Waals surface area contributed by atoms with E-state index in [9.17, 15) is 13.2 Å². The highest BCUT2D eigenvalue weighted by Crippen LogP contribution is 2.40. The van der Waals surface area contributed by atoms with Crippen LogP contribution in [0.2, 0.25) is 0 Å². The van der Waals surface area contributed by atoms with Gasteiger partial charge in [-0.1, -0.05) is 18.2 Å². The van der Waals surface area contributed by atoms with Gasteiger partial charge in [-0.3, -0.25) is 0 Å². The molecule has 2 atom stereocenters. The topological polar surface area (TPSA) is 30.5 Å². The van der Waals surface area contributed by atoms with Gasteiger partial charge in [0.1, 0.15) is 23.4 Å². The summed E-state index contributed by atoms with van der Waals surface area (Å²) in [6.07, 6.45) is -0.426. The highest BCUT2D eigenvalue weighted by atomic mass is 19.4. The smallest absolute Gasteiger partial charge is 0.419 e. The second kappa shape index (κ2) is 6.83. The second-order valence-corrected chi connectivity index (χ2v) is 6.92. The molecule has 2 saturated heterocycles. The molecular formula is C20H20F3NO2. The summed E-state index contributed by atoms with van der Waals surface area (Å²) < 4.78 is 51.5. The van der Waals surface area contributed by atoms with Crippen molar-refractivity contribution in [2.45, 2.75) is 50.0 Å². The zero-order valence-corrected chi connectivity index (χ0v) is 14.1. The van der Waals surface area contributed by atoms with Gasteiger partial charge in [0.25, 0.3) is 0 Å². The standard InChI is InChI=1S/C20H20F3NO2/c21-20(22,23)18-9-8-16(12-19(18)26-15-4-2-1-3-5-15)25-17-10-13-6-7-14(11-17)24-13/h1-5,8-9,12-14,17,24H,6-7,10-11H2. The summed E-state index contributed by atoms with van der Waals surface area (Å²) in [6.45, 7) is 0. The van der Waals surface area contributed by atoms with Crippen LogP contribution in [-0.2, 0) is 6.18 Å². The van der Waals surface area contributed by atoms with E-state index in [0.29, 0.717) is 23.6 Å². The number of ether oxygens (including phenoxy) is 2. The first kappa shape index (κ1) is 17.2. The molecule has 2 fully saturated rings. The maximum Gasteiger partial charge on any atom is 0.419 e. The first-order chi connectivity index (χ1) is 12.5. The maximum atomic E-state index is 13.3. The molecule has 0 amide bonds. The largest absolute Gasteiger partial charge is 0.490 e. The van der Waals surface area contributed by atoms with E-state index in [2.05, 4.69) is 5.32 Å². The Morgan fingerprint density at radius 2 is 1.58 bits per heavy atom. The van der Waals surface area contributed by atoms with Crippen molar-refractivity contribution in [3.05, 3.63) is 54.1 Å². The Morgan fingerprint density at radius 3 is 2.23 bits per heavy atom. The molecule has 0 spiro atoms. The van der Waals surface area contributed by atoms with Crippen LogP contribution in [0.3, 0.4) is 0 Å². The Hall–Kier alpha value is -2.21. The third-order valence-corrected chi connectivity index (χ3v) is 4.96. The van der Waals surface area contributed by atoms with E-state index in [1.165, 1.54) is 12.1 Å². The molecule has 2 unspecified atom stereocenters. The molecule has 4 rings (SSSR count). The minimum atomic E-state index is -4.49. The number of halogens is 3. The van der Waals surface area contributed by atoms with Crippen LogP contribution in [-0.4, -0.2) is 18.2 Å². The quantitative estimate of drug-likeness (QED) is 0.814. The number of hydrogen-bond acceptors (Lipinski definition) is 3. The molecule has 2 aromatic rings. The molecule has 0 aromatic heterocycles. The number of alkyl halides is 3. The van der Waals surface area contributed by atoms with Crippen LogP contribution >= 0.6 is 0 Å². The number of piperidine rings is 1. The third-order valence-electron chi connectivity index (χ3n) is 4.96. The summed E-state index contributed by atoms with van der Waals surface area (Å²) in [5, 5.41) is 3.53. The lowest BCUT2D eigenvalue weighted by Crippen LogP contribution is -2.42. The molecule has 138 valence electrons. The van der Waals surface area contributed by atoms with E-state index in [1.807, 2.05) is 0 Å². The molecule has 2 bridgehead atoms. The fourth-order valence-electron chi connectivity index (χ4n) is 3.80. The van der Waals surface area contributed by atoms with Crippen LogP contribution in [0.25, 0.3) is 0 Å². The highest BCUT2D eigenvalue weighted by molar-refractivity contribution is 5.45. The van der Waals surface area contributed by atoms with E-state index >= 15 is 0 Å². The molecule has 3 nitrogen and oxygen atoms in total. The van der Waals surface area contributed by atoms with Crippen LogP contribution in [0.5, 0.6) is 17.2 Å². The molecule has 2 aromatic carbocycles. The number of fused-ring (bicyclic) bond motifs is 2. The van der Waals surface area contributed by atoms with Gasteiger partial charge < -0.3 is 14.8 Å². The monoisotopic (exact) mass is 363 g/mol. The SMILES string of the molecule is FC(F)(F)c1ccc(OC2CC3CCC(C2)N3)cc1Oc1ccccc1. The van der Waals surface area contributed by atoms with Crippen LogP contribution in [0.15, 0.2) is 48.5 Å². The van der Waals surface area contributed by atoms with Crippen molar-refractivity contribution in [3.63, 3.8) is 0 Å². The minimum absolute atomic E-state index is 0.0232. The summed E-state index contributed by atoms with van der Waals surface area (Å²) in [6, 6.07) is 13.1. The van der Waals surface area contributed by atoms with Gasteiger partial charge in [0.15, 0.2) is 0 Å². The van der Waals surface area contributed by atoms with Crippen LogP contribution in [0.4, 0.5) is 13.2 Å². The molecular weight excluding hydrogens is 343 g/mol. The van der Waals surface area contributed by atoms with Crippen LogP contribution in [0, 0.1) is 0 Å². The summed E-state index contributed by atoms with van der Waals surface area (Å²) in [7, 11) is 0. The number of benzene rings is 2. The van der Waals surface area contributed by atoms with Gasteiger partial charge in [-0.15, -0.1) is 0 Å². The van der Waals surface area contributed by atoms with E-state index in [-0.39, 0.29) is 11.9 Å². The van der Waals surface area contributed by atoms with Crippen molar-refractivity contribution in [2.75, 3.05) is 0 Å². The predicted octanol–water partition coefficient (Wildman–Crippen LogP) is 5.16. The Kier molecular flexibility index (Phi) is 4.53. The maximum absolute atomic E-state index is 13.3. The molecule has 2 aliphatic heterocycles. The van der Waals surface area contributed by atoms with Crippen molar-refractivity contribution in [3.8, 4) is 17.2 Å². The fraction of sp³-hybridized carbons (Fsp3) is 0.400. The van der Waals surface area contributed by atoms with E-state index < -0.39 is 11.7 Å². The highest BCUT2D eigenvalue weighted by Gasteiger charge is 2.36. The molecule has 6 heteroatoms. The summed E-state index contributed by atoms with van der Waals surface area (Å²) in [5.74, 6) is 0.531. The van der Waals surface area contributed by atoms with Crippen LogP contribution < -0.4 is 14.8 Å². The van der Waals surface area contributed by atoms with E-state index in [1.54, 1.807) is 30.3 Å². The Morgan fingerprint density at radius 1 is 0.885 bits per heavy atom. The summed E-state index contributed by atoms with van der Waals surface area (Å²) >= 11 is 0. The van der Waals surface area contributed by atoms with Crippen molar-refractivity contribution in [2.24, 2.45) is 0 Å². The minimum Gasteiger partial charge on any atom is -0.490 e. The molecule has 0 radical (unpaired) electrons. The third kappa shape index (κ3) is 3.80.